The van der Waals surface area contributed by atoms with Crippen molar-refractivity contribution in [1.82, 2.24) is 15.1 Å². The summed E-state index contributed by atoms with van der Waals surface area (Å²) in [4.78, 5) is 15.1. The first kappa shape index (κ1) is 17.3. The molecule has 1 amide bonds. The van der Waals surface area contributed by atoms with Crippen molar-refractivity contribution in [3.63, 3.8) is 0 Å². The molecule has 5 nitrogen and oxygen atoms in total. The van der Waals surface area contributed by atoms with E-state index in [1.54, 1.807) is 4.68 Å². The van der Waals surface area contributed by atoms with Crippen LogP contribution in [0.3, 0.4) is 0 Å². The van der Waals surface area contributed by atoms with Gasteiger partial charge in [0.15, 0.2) is 0 Å². The average Bonchev–Trinajstić information content (AvgIpc) is 3.32. The van der Waals surface area contributed by atoms with Crippen LogP contribution in [0.4, 0.5) is 5.69 Å². The van der Waals surface area contributed by atoms with Gasteiger partial charge in [-0.05, 0) is 35.7 Å². The molecule has 0 unspecified atom stereocenters. The van der Waals surface area contributed by atoms with Crippen LogP contribution in [-0.2, 0) is 20.1 Å². The number of carbonyl (C=O) groups excluding carboxylic acids is 1. The third-order valence-electron chi connectivity index (χ3n) is 5.16. The van der Waals surface area contributed by atoms with Gasteiger partial charge in [-0.15, -0.1) is 0 Å². The van der Waals surface area contributed by atoms with Gasteiger partial charge in [0.05, 0.1) is 12.2 Å². The molecule has 138 valence electrons. The van der Waals surface area contributed by atoms with E-state index >= 15 is 0 Å². The van der Waals surface area contributed by atoms with Gasteiger partial charge in [-0.1, -0.05) is 37.3 Å². The Bertz CT molecular complexity index is 937. The summed E-state index contributed by atoms with van der Waals surface area (Å²) in [5.74, 6) is -0.0516. The zero-order chi connectivity index (χ0) is 18.8. The fourth-order valence-corrected chi connectivity index (χ4v) is 3.64. The summed E-state index contributed by atoms with van der Waals surface area (Å²) in [6.45, 7) is 3.83. The number of anilines is 1. The Labute approximate surface area is 159 Å². The molecule has 0 saturated heterocycles. The van der Waals surface area contributed by atoms with Crippen LogP contribution >= 0.6 is 0 Å². The lowest BCUT2D eigenvalue weighted by atomic mass is 10.1. The second-order valence-electron chi connectivity index (χ2n) is 7.06. The predicted molar refractivity (Wildman–Crippen MR) is 106 cm³/mol. The number of aromatic nitrogens is 2. The largest absolute Gasteiger partial charge is 0.363 e. The third-order valence-corrected chi connectivity index (χ3v) is 5.16. The van der Waals surface area contributed by atoms with Crippen molar-refractivity contribution in [2.45, 2.75) is 32.5 Å². The second-order valence-corrected chi connectivity index (χ2v) is 7.06. The maximum Gasteiger partial charge on any atom is 0.251 e. The Kier molecular flexibility index (Phi) is 4.67. The van der Waals surface area contributed by atoms with Crippen molar-refractivity contribution < 1.29 is 4.79 Å². The van der Waals surface area contributed by atoms with E-state index in [0.29, 0.717) is 5.56 Å². The predicted octanol–water partition coefficient (Wildman–Crippen LogP) is 3.82. The van der Waals surface area contributed by atoms with Gasteiger partial charge >= 0.3 is 0 Å². The van der Waals surface area contributed by atoms with Crippen LogP contribution in [0.25, 0.3) is 0 Å². The molecule has 5 heteroatoms. The number of aryl methyl sites for hydroxylation is 1. The molecule has 2 aromatic carbocycles. The minimum absolute atomic E-state index is 0.0362. The molecular weight excluding hydrogens is 336 g/mol. The number of amides is 1. The molecule has 0 aliphatic carbocycles. The van der Waals surface area contributed by atoms with Crippen LogP contribution in [0.15, 0.2) is 60.9 Å². The highest BCUT2D eigenvalue weighted by Crippen LogP contribution is 2.28. The average molecular weight is 360 g/mol. The fraction of sp³-hybridized carbons (Fsp3) is 0.273. The summed E-state index contributed by atoms with van der Waals surface area (Å²) < 4.78 is 1.76. The molecule has 1 aromatic heterocycles. The molecule has 0 spiro atoms. The number of nitrogens with one attached hydrogen (secondary N) is 1. The lowest BCUT2D eigenvalue weighted by molar-refractivity contribution is 0.0935. The minimum Gasteiger partial charge on any atom is -0.363 e. The Morgan fingerprint density at radius 2 is 1.89 bits per heavy atom. The van der Waals surface area contributed by atoms with E-state index in [2.05, 4.69) is 52.6 Å². The molecule has 0 radical (unpaired) electrons. The smallest absolute Gasteiger partial charge is 0.251 e. The molecule has 2 heterocycles. The van der Waals surface area contributed by atoms with Crippen LogP contribution in [-0.4, -0.2) is 15.7 Å². The van der Waals surface area contributed by atoms with E-state index in [0.717, 1.165) is 30.8 Å². The zero-order valence-electron chi connectivity index (χ0n) is 15.7. The maximum atomic E-state index is 12.8. The number of fused-ring (bicyclic) bond motifs is 1. The van der Waals surface area contributed by atoms with Crippen molar-refractivity contribution in [1.29, 1.82) is 0 Å². The Balaban J connectivity index is 1.50. The van der Waals surface area contributed by atoms with E-state index in [4.69, 9.17) is 0 Å². The number of benzene rings is 2. The highest BCUT2D eigenvalue weighted by molar-refractivity contribution is 5.95. The standard InChI is InChI=1S/C22H24N4O/c1-3-21(19-12-23-25(2)13-19)24-22(27)16-9-6-10-20(11-16)26-14-17-7-4-5-8-18(17)15-26/h4-13,21H,3,14-15H2,1-2H3,(H,24,27)/t21-/m1/s1. The first-order valence-electron chi connectivity index (χ1n) is 9.35. The fourth-order valence-electron chi connectivity index (χ4n) is 3.64. The molecule has 4 rings (SSSR count). The van der Waals surface area contributed by atoms with Gasteiger partial charge in [0.25, 0.3) is 5.91 Å². The van der Waals surface area contributed by atoms with Crippen LogP contribution in [0.2, 0.25) is 0 Å². The van der Waals surface area contributed by atoms with E-state index in [1.807, 2.05) is 37.6 Å². The van der Waals surface area contributed by atoms with Crippen molar-refractivity contribution in [3.05, 3.63) is 83.2 Å². The number of hydrogen-bond acceptors (Lipinski definition) is 3. The summed E-state index contributed by atoms with van der Waals surface area (Å²) in [5, 5.41) is 7.35. The van der Waals surface area contributed by atoms with Crippen LogP contribution < -0.4 is 10.2 Å². The van der Waals surface area contributed by atoms with Crippen molar-refractivity contribution in [2.75, 3.05) is 4.90 Å². The topological polar surface area (TPSA) is 50.2 Å². The number of hydrogen-bond donors (Lipinski definition) is 1. The third kappa shape index (κ3) is 3.58. The lowest BCUT2D eigenvalue weighted by Gasteiger charge is -2.19. The highest BCUT2D eigenvalue weighted by Gasteiger charge is 2.20. The summed E-state index contributed by atoms with van der Waals surface area (Å²) >= 11 is 0. The lowest BCUT2D eigenvalue weighted by Crippen LogP contribution is -2.28. The Morgan fingerprint density at radius 1 is 1.15 bits per heavy atom. The summed E-state index contributed by atoms with van der Waals surface area (Å²) in [6.07, 6.45) is 4.58. The van der Waals surface area contributed by atoms with E-state index < -0.39 is 0 Å². The second kappa shape index (κ2) is 7.27. The van der Waals surface area contributed by atoms with Gasteiger partial charge < -0.3 is 10.2 Å². The maximum absolute atomic E-state index is 12.8. The van der Waals surface area contributed by atoms with Gasteiger partial charge in [0, 0.05) is 43.1 Å². The molecule has 27 heavy (non-hydrogen) atoms. The molecule has 1 aliphatic rings. The van der Waals surface area contributed by atoms with Gasteiger partial charge in [-0.25, -0.2) is 0 Å². The van der Waals surface area contributed by atoms with E-state index in [1.165, 1.54) is 11.1 Å². The molecule has 1 N–H and O–H groups in total. The number of carbonyl (C=O) groups is 1. The van der Waals surface area contributed by atoms with Crippen LogP contribution in [0, 0.1) is 0 Å². The normalized spacial score (nSPS) is 14.1. The van der Waals surface area contributed by atoms with Crippen molar-refractivity contribution >= 4 is 11.6 Å². The van der Waals surface area contributed by atoms with Gasteiger partial charge in [0.2, 0.25) is 0 Å². The molecule has 0 saturated carbocycles. The van der Waals surface area contributed by atoms with Gasteiger partial charge in [-0.3, -0.25) is 9.48 Å². The van der Waals surface area contributed by atoms with Gasteiger partial charge in [0.1, 0.15) is 0 Å². The summed E-state index contributed by atoms with van der Waals surface area (Å²) in [7, 11) is 1.88. The molecule has 0 bridgehead atoms. The van der Waals surface area contributed by atoms with E-state index in [9.17, 15) is 4.79 Å². The van der Waals surface area contributed by atoms with Crippen LogP contribution in [0.1, 0.15) is 46.4 Å². The van der Waals surface area contributed by atoms with E-state index in [-0.39, 0.29) is 11.9 Å². The molecule has 1 atom stereocenters. The number of rotatable bonds is 5. The molecular formula is C22H24N4O. The SMILES string of the molecule is CC[C@@H](NC(=O)c1cccc(N2Cc3ccccc3C2)c1)c1cnn(C)c1. The van der Waals surface area contributed by atoms with Crippen molar-refractivity contribution in [2.24, 2.45) is 7.05 Å². The molecule has 0 fully saturated rings. The first-order valence-corrected chi connectivity index (χ1v) is 9.35. The summed E-state index contributed by atoms with van der Waals surface area (Å²) in [5.41, 5.74) is 5.50. The van der Waals surface area contributed by atoms with Crippen molar-refractivity contribution in [3.8, 4) is 0 Å². The minimum atomic E-state index is -0.0516. The Hall–Kier alpha value is -3.08. The first-order chi connectivity index (χ1) is 13.1. The number of nitrogens with zero attached hydrogens (tertiary/aromatic N) is 3. The monoisotopic (exact) mass is 360 g/mol. The zero-order valence-corrected chi connectivity index (χ0v) is 15.7. The Morgan fingerprint density at radius 3 is 2.52 bits per heavy atom. The molecule has 1 aliphatic heterocycles. The highest BCUT2D eigenvalue weighted by atomic mass is 16.1. The quantitative estimate of drug-likeness (QED) is 0.752. The molecule has 3 aromatic rings. The van der Waals surface area contributed by atoms with Gasteiger partial charge in [-0.2, -0.15) is 5.10 Å². The van der Waals surface area contributed by atoms with Crippen LogP contribution in [0.5, 0.6) is 0 Å². The summed E-state index contributed by atoms with van der Waals surface area (Å²) in [6, 6.07) is 16.3.